The molecule has 434 valence electrons. The lowest BCUT2D eigenvalue weighted by atomic mass is 10.1. The van der Waals surface area contributed by atoms with Crippen LogP contribution in [0, 0.1) is 0 Å². The highest BCUT2D eigenvalue weighted by Gasteiger charge is 2.18. The predicted molar refractivity (Wildman–Crippen MR) is 325 cm³/mol. The van der Waals surface area contributed by atoms with E-state index >= 15 is 0 Å². The molecule has 5 heteroatoms. The number of hydrogen-bond donors (Lipinski definition) is 0. The quantitative estimate of drug-likeness (QED) is 0.0345. The highest BCUT2D eigenvalue weighted by Crippen LogP contribution is 2.17. The van der Waals surface area contributed by atoms with Gasteiger partial charge in [0.05, 0.1) is 6.61 Å². The van der Waals surface area contributed by atoms with E-state index in [1.807, 2.05) is 0 Å². The van der Waals surface area contributed by atoms with E-state index < -0.39 is 6.10 Å². The monoisotopic (exact) mass is 1040 g/mol. The molecule has 0 saturated heterocycles. The van der Waals surface area contributed by atoms with Crippen LogP contribution in [0.5, 0.6) is 0 Å². The summed E-state index contributed by atoms with van der Waals surface area (Å²) in [6.07, 6.45) is 82.9. The summed E-state index contributed by atoms with van der Waals surface area (Å²) in [6, 6.07) is 0. The molecule has 0 spiro atoms. The fourth-order valence-electron chi connectivity index (χ4n) is 9.83. The molecule has 0 aliphatic rings. The van der Waals surface area contributed by atoms with Crippen molar-refractivity contribution in [2.45, 2.75) is 361 Å². The van der Waals surface area contributed by atoms with Crippen molar-refractivity contribution in [3.05, 3.63) is 48.6 Å². The average molecular weight is 1040 g/mol. The summed E-state index contributed by atoms with van der Waals surface area (Å²) in [5, 5.41) is 0. The molecule has 0 heterocycles. The lowest BCUT2D eigenvalue weighted by Gasteiger charge is -2.18. The summed E-state index contributed by atoms with van der Waals surface area (Å²) < 4.78 is 17.6. The first kappa shape index (κ1) is 71.9. The molecule has 0 fully saturated rings. The topological polar surface area (TPSA) is 61.8 Å². The Labute approximate surface area is 462 Å². The van der Waals surface area contributed by atoms with Crippen LogP contribution in [0.15, 0.2) is 48.6 Å². The molecular formula is C69H128O5. The fraction of sp³-hybridized carbons (Fsp3) is 0.855. The zero-order valence-corrected chi connectivity index (χ0v) is 50.1. The summed E-state index contributed by atoms with van der Waals surface area (Å²) in [7, 11) is 0. The van der Waals surface area contributed by atoms with Gasteiger partial charge in [0.15, 0.2) is 6.10 Å². The third-order valence-electron chi connectivity index (χ3n) is 14.8. The Balaban J connectivity index is 4.26. The van der Waals surface area contributed by atoms with Crippen LogP contribution >= 0.6 is 0 Å². The largest absolute Gasteiger partial charge is 0.462 e. The molecule has 1 atom stereocenters. The molecule has 0 aromatic heterocycles. The van der Waals surface area contributed by atoms with Crippen molar-refractivity contribution in [1.29, 1.82) is 0 Å². The van der Waals surface area contributed by atoms with Gasteiger partial charge in [0.2, 0.25) is 0 Å². The number of carbonyl (C=O) groups is 2. The molecule has 5 nitrogen and oxygen atoms in total. The van der Waals surface area contributed by atoms with Crippen molar-refractivity contribution in [2.24, 2.45) is 0 Å². The average Bonchev–Trinajstić information content (AvgIpc) is 3.40. The highest BCUT2D eigenvalue weighted by atomic mass is 16.6. The molecule has 0 aliphatic heterocycles. The maximum atomic E-state index is 12.9. The van der Waals surface area contributed by atoms with E-state index in [1.54, 1.807) is 0 Å². The van der Waals surface area contributed by atoms with Crippen molar-refractivity contribution in [3.63, 3.8) is 0 Å². The number of allylic oxidation sites excluding steroid dienone is 8. The van der Waals surface area contributed by atoms with Crippen molar-refractivity contribution < 1.29 is 23.8 Å². The third kappa shape index (κ3) is 62.4. The predicted octanol–water partition coefficient (Wildman–Crippen LogP) is 23.0. The molecule has 74 heavy (non-hydrogen) atoms. The maximum Gasteiger partial charge on any atom is 0.306 e. The number of rotatable bonds is 62. The van der Waals surface area contributed by atoms with E-state index in [9.17, 15) is 9.59 Å². The van der Waals surface area contributed by atoms with Gasteiger partial charge < -0.3 is 14.2 Å². The molecule has 0 aromatic carbocycles. The number of hydrogen-bond acceptors (Lipinski definition) is 5. The van der Waals surface area contributed by atoms with E-state index in [0.29, 0.717) is 19.4 Å². The molecule has 0 aromatic rings. The summed E-state index contributed by atoms with van der Waals surface area (Å²) in [5.74, 6) is -0.385. The number of ether oxygens (including phenoxy) is 3. The van der Waals surface area contributed by atoms with E-state index in [4.69, 9.17) is 14.2 Å². The van der Waals surface area contributed by atoms with E-state index in [2.05, 4.69) is 69.4 Å². The SMILES string of the molecule is CCCCC/C=C\C/C=C\CCCCCCCCCCCC(=O)OCC(COCCCCCCCCCCCC/C=C\CCCCCCCC)OC(=O)CCCCCCCCCCC/C=C\CCCCCCCC. The second-order valence-electron chi connectivity index (χ2n) is 22.4. The molecular weight excluding hydrogens is 909 g/mol. The van der Waals surface area contributed by atoms with Crippen LogP contribution in [0.25, 0.3) is 0 Å². The minimum absolute atomic E-state index is 0.0853. The van der Waals surface area contributed by atoms with Gasteiger partial charge in [-0.3, -0.25) is 9.59 Å². The second-order valence-corrected chi connectivity index (χ2v) is 22.4. The van der Waals surface area contributed by atoms with Crippen molar-refractivity contribution in [2.75, 3.05) is 19.8 Å². The molecule has 0 saturated carbocycles. The van der Waals surface area contributed by atoms with Crippen LogP contribution in [-0.2, 0) is 23.8 Å². The van der Waals surface area contributed by atoms with Gasteiger partial charge in [0.25, 0.3) is 0 Å². The van der Waals surface area contributed by atoms with Crippen LogP contribution in [0.1, 0.15) is 355 Å². The number of esters is 2. The second kappa shape index (κ2) is 65.1. The van der Waals surface area contributed by atoms with Gasteiger partial charge in [-0.05, 0) is 103 Å². The van der Waals surface area contributed by atoms with Crippen LogP contribution in [0.4, 0.5) is 0 Å². The highest BCUT2D eigenvalue weighted by molar-refractivity contribution is 5.70. The Morgan fingerprint density at radius 3 is 0.932 bits per heavy atom. The summed E-state index contributed by atoms with van der Waals surface area (Å²) >= 11 is 0. The molecule has 0 N–H and O–H groups in total. The van der Waals surface area contributed by atoms with E-state index in [1.165, 1.54) is 276 Å². The minimum Gasteiger partial charge on any atom is -0.462 e. The van der Waals surface area contributed by atoms with Gasteiger partial charge in [-0.25, -0.2) is 0 Å². The first-order chi connectivity index (χ1) is 36.6. The van der Waals surface area contributed by atoms with Crippen molar-refractivity contribution in [3.8, 4) is 0 Å². The van der Waals surface area contributed by atoms with Crippen LogP contribution in [0.2, 0.25) is 0 Å². The summed E-state index contributed by atoms with van der Waals surface area (Å²) in [5.41, 5.74) is 0. The molecule has 0 amide bonds. The lowest BCUT2D eigenvalue weighted by Crippen LogP contribution is -2.30. The molecule has 0 bridgehead atoms. The van der Waals surface area contributed by atoms with Crippen LogP contribution in [0.3, 0.4) is 0 Å². The zero-order chi connectivity index (χ0) is 53.4. The molecule has 0 rings (SSSR count). The third-order valence-corrected chi connectivity index (χ3v) is 14.8. The normalized spacial score (nSPS) is 12.4. The van der Waals surface area contributed by atoms with Gasteiger partial charge in [-0.15, -0.1) is 0 Å². The summed E-state index contributed by atoms with van der Waals surface area (Å²) in [6.45, 7) is 7.86. The molecule has 0 aliphatic carbocycles. The number of carbonyl (C=O) groups excluding carboxylic acids is 2. The Hall–Kier alpha value is -2.14. The van der Waals surface area contributed by atoms with E-state index in [0.717, 1.165) is 44.9 Å². The first-order valence-corrected chi connectivity index (χ1v) is 33.2. The van der Waals surface area contributed by atoms with Crippen LogP contribution in [-0.4, -0.2) is 37.9 Å². The Morgan fingerprint density at radius 2 is 0.568 bits per heavy atom. The minimum atomic E-state index is -0.540. The Bertz CT molecular complexity index is 1220. The maximum absolute atomic E-state index is 12.9. The lowest BCUT2D eigenvalue weighted by molar-refractivity contribution is -0.163. The van der Waals surface area contributed by atoms with Crippen molar-refractivity contribution >= 4 is 11.9 Å². The van der Waals surface area contributed by atoms with Gasteiger partial charge in [0.1, 0.15) is 6.61 Å². The summed E-state index contributed by atoms with van der Waals surface area (Å²) in [4.78, 5) is 25.7. The number of unbranched alkanes of at least 4 members (excludes halogenated alkanes) is 43. The smallest absolute Gasteiger partial charge is 0.306 e. The van der Waals surface area contributed by atoms with Gasteiger partial charge in [0, 0.05) is 19.4 Å². The molecule has 0 radical (unpaired) electrons. The zero-order valence-electron chi connectivity index (χ0n) is 50.1. The molecule has 1 unspecified atom stereocenters. The van der Waals surface area contributed by atoms with Gasteiger partial charge in [-0.1, -0.05) is 288 Å². The van der Waals surface area contributed by atoms with Crippen LogP contribution < -0.4 is 0 Å². The van der Waals surface area contributed by atoms with E-state index in [-0.39, 0.29) is 25.2 Å². The standard InChI is InChI=1S/C69H128O5/c1-4-7-10-13-16-19-22-25-28-31-34-37-40-43-46-49-52-55-58-61-64-72-65-67(74-69(71)63-60-57-54-51-48-45-42-39-36-33-30-27-24-21-18-15-12-9-6-3)66-73-68(70)62-59-56-53-50-47-44-41-38-35-32-29-26-23-20-17-14-11-8-5-2/h17,20,25-30,67H,4-16,18-19,21-24,31-66H2,1-3H3/b20-17-,28-25-,29-26-,30-27-. The Kier molecular flexibility index (Phi) is 63.3. The van der Waals surface area contributed by atoms with Crippen molar-refractivity contribution in [1.82, 2.24) is 0 Å². The van der Waals surface area contributed by atoms with Gasteiger partial charge >= 0.3 is 11.9 Å². The Morgan fingerprint density at radius 1 is 0.297 bits per heavy atom. The van der Waals surface area contributed by atoms with Gasteiger partial charge in [-0.2, -0.15) is 0 Å². The fourth-order valence-corrected chi connectivity index (χ4v) is 9.83. The first-order valence-electron chi connectivity index (χ1n) is 33.2.